The van der Waals surface area contributed by atoms with Crippen molar-refractivity contribution in [3.05, 3.63) is 72.6 Å². The lowest BCUT2D eigenvalue weighted by atomic mass is 10.0. The van der Waals surface area contributed by atoms with Gasteiger partial charge in [-0.2, -0.15) is 5.10 Å². The van der Waals surface area contributed by atoms with E-state index in [0.29, 0.717) is 5.82 Å². The summed E-state index contributed by atoms with van der Waals surface area (Å²) in [5.74, 6) is -2.18. The van der Waals surface area contributed by atoms with Gasteiger partial charge in [0, 0.05) is 42.1 Å². The minimum absolute atomic E-state index is 0.0664. The van der Waals surface area contributed by atoms with Crippen LogP contribution in [0.4, 0.5) is 0 Å². The molecule has 0 saturated carbocycles. The third-order valence-corrected chi connectivity index (χ3v) is 4.60. The van der Waals surface area contributed by atoms with Gasteiger partial charge < -0.3 is 16.0 Å². The number of Topliss-reactive ketones (excluding diaryl/α,β-unsaturated/α-hetero) is 1. The first-order valence-electron chi connectivity index (χ1n) is 9.04. The van der Waals surface area contributed by atoms with Gasteiger partial charge in [0.25, 0.3) is 11.8 Å². The highest BCUT2D eigenvalue weighted by atomic mass is 16.2. The molecule has 0 aromatic carbocycles. The molecule has 4 aromatic rings. The highest BCUT2D eigenvalue weighted by Gasteiger charge is 2.28. The van der Waals surface area contributed by atoms with E-state index >= 15 is 0 Å². The minimum Gasteiger partial charge on any atom is -0.363 e. The van der Waals surface area contributed by atoms with Crippen LogP contribution in [0, 0.1) is 0 Å². The molecule has 0 aliphatic rings. The average molecular weight is 403 g/mol. The number of nitrogens with one attached hydrogen (secondary N) is 2. The van der Waals surface area contributed by atoms with Crippen LogP contribution in [0.3, 0.4) is 0 Å². The maximum atomic E-state index is 12.9. The normalized spacial score (nSPS) is 11.9. The van der Waals surface area contributed by atoms with Gasteiger partial charge in [0.2, 0.25) is 5.78 Å². The molecule has 10 nitrogen and oxygen atoms in total. The lowest BCUT2D eigenvalue weighted by Gasteiger charge is -2.16. The number of nitrogens with zero attached hydrogens (tertiary/aromatic N) is 4. The maximum absolute atomic E-state index is 12.9. The van der Waals surface area contributed by atoms with Crippen molar-refractivity contribution in [1.82, 2.24) is 30.0 Å². The molecule has 30 heavy (non-hydrogen) atoms. The number of ketones is 1. The van der Waals surface area contributed by atoms with Gasteiger partial charge in [-0.25, -0.2) is 9.67 Å². The first-order valence-corrected chi connectivity index (χ1v) is 9.04. The monoisotopic (exact) mass is 403 g/mol. The van der Waals surface area contributed by atoms with Gasteiger partial charge in [-0.1, -0.05) is 6.07 Å². The fraction of sp³-hybridized carbons (Fsp3) is 0.100. The number of hydrogen-bond donors (Lipinski definition) is 3. The molecule has 4 heterocycles. The molecule has 0 radical (unpaired) electrons. The number of nitrogens with two attached hydrogens (primary N) is 1. The quantitative estimate of drug-likeness (QED) is 0.384. The molecule has 10 heteroatoms. The van der Waals surface area contributed by atoms with Crippen molar-refractivity contribution in [1.29, 1.82) is 0 Å². The van der Waals surface area contributed by atoms with Crippen LogP contribution >= 0.6 is 0 Å². The standard InChI is InChI=1S/C20H17N7O3/c21-19(29)18(28)15(9-12-10-24-14-4-7-22-11-13(12)14)26-20(30)16-5-8-25-27(16)17-3-1-2-6-23-17/h1-8,10-11,15,24H,9H2,(H2,21,29)(H,26,30). The zero-order valence-corrected chi connectivity index (χ0v) is 15.6. The maximum Gasteiger partial charge on any atom is 0.287 e. The molecule has 0 aliphatic heterocycles. The van der Waals surface area contributed by atoms with Crippen molar-refractivity contribution in [3.63, 3.8) is 0 Å². The second-order valence-electron chi connectivity index (χ2n) is 6.51. The fourth-order valence-electron chi connectivity index (χ4n) is 3.16. The minimum atomic E-state index is -1.15. The average Bonchev–Trinajstić information content (AvgIpc) is 3.41. The van der Waals surface area contributed by atoms with Crippen LogP contribution in [0.15, 0.2) is 61.3 Å². The van der Waals surface area contributed by atoms with Gasteiger partial charge in [-0.3, -0.25) is 19.4 Å². The van der Waals surface area contributed by atoms with Gasteiger partial charge in [0.05, 0.1) is 6.20 Å². The molecular formula is C20H17N7O3. The summed E-state index contributed by atoms with van der Waals surface area (Å²) in [6.07, 6.45) is 8.07. The number of fused-ring (bicyclic) bond motifs is 1. The predicted molar refractivity (Wildman–Crippen MR) is 107 cm³/mol. The Hall–Kier alpha value is -4.34. The zero-order chi connectivity index (χ0) is 21.1. The van der Waals surface area contributed by atoms with E-state index in [-0.39, 0.29) is 12.1 Å². The Labute approximate surface area is 170 Å². The molecule has 4 aromatic heterocycles. The molecule has 4 rings (SSSR count). The number of H-pyrrole nitrogens is 1. The molecule has 1 unspecified atom stereocenters. The highest BCUT2D eigenvalue weighted by molar-refractivity contribution is 6.38. The third kappa shape index (κ3) is 3.65. The number of aromatic nitrogens is 5. The largest absolute Gasteiger partial charge is 0.363 e. The van der Waals surface area contributed by atoms with E-state index in [9.17, 15) is 14.4 Å². The van der Waals surface area contributed by atoms with Crippen LogP contribution in [-0.2, 0) is 16.0 Å². The number of carbonyl (C=O) groups excluding carboxylic acids is 3. The summed E-state index contributed by atoms with van der Waals surface area (Å²) < 4.78 is 1.34. The number of primary amides is 1. The number of rotatable bonds is 7. The van der Waals surface area contributed by atoms with Crippen LogP contribution < -0.4 is 11.1 Å². The number of aromatic amines is 1. The SMILES string of the molecule is NC(=O)C(=O)C(Cc1c[nH]c2ccncc12)NC(=O)c1ccnn1-c1ccccn1. The molecule has 2 amide bonds. The topological polar surface area (TPSA) is 149 Å². The molecule has 0 saturated heterocycles. The van der Waals surface area contributed by atoms with E-state index in [1.807, 2.05) is 0 Å². The van der Waals surface area contributed by atoms with Crippen molar-refractivity contribution in [2.45, 2.75) is 12.5 Å². The van der Waals surface area contributed by atoms with Gasteiger partial charge in [-0.15, -0.1) is 0 Å². The number of amides is 2. The number of hydrogen-bond acceptors (Lipinski definition) is 6. The molecule has 150 valence electrons. The molecule has 1 atom stereocenters. The number of carbonyl (C=O) groups is 3. The van der Waals surface area contributed by atoms with E-state index in [1.165, 1.54) is 16.9 Å². The highest BCUT2D eigenvalue weighted by Crippen LogP contribution is 2.18. The van der Waals surface area contributed by atoms with Crippen LogP contribution in [0.2, 0.25) is 0 Å². The Bertz CT molecular complexity index is 1230. The summed E-state index contributed by atoms with van der Waals surface area (Å²) in [6.45, 7) is 0. The second-order valence-corrected chi connectivity index (χ2v) is 6.51. The predicted octanol–water partition coefficient (Wildman–Crippen LogP) is 0.539. The molecule has 0 aliphatic carbocycles. The van der Waals surface area contributed by atoms with E-state index in [0.717, 1.165) is 16.5 Å². The first-order chi connectivity index (χ1) is 14.5. The Kier molecular flexibility index (Phi) is 5.04. The lowest BCUT2D eigenvalue weighted by molar-refractivity contribution is -0.137. The molecule has 0 fully saturated rings. The summed E-state index contributed by atoms with van der Waals surface area (Å²) in [7, 11) is 0. The van der Waals surface area contributed by atoms with Crippen molar-refractivity contribution >= 4 is 28.5 Å². The summed E-state index contributed by atoms with van der Waals surface area (Å²) in [5, 5.41) is 7.50. The Balaban J connectivity index is 1.62. The Morgan fingerprint density at radius 2 is 2.00 bits per heavy atom. The van der Waals surface area contributed by atoms with E-state index in [1.54, 1.807) is 49.1 Å². The Morgan fingerprint density at radius 3 is 2.77 bits per heavy atom. The van der Waals surface area contributed by atoms with Crippen molar-refractivity contribution in [2.75, 3.05) is 0 Å². The van der Waals surface area contributed by atoms with Gasteiger partial charge in [-0.05, 0) is 29.8 Å². The van der Waals surface area contributed by atoms with Gasteiger partial charge in [0.15, 0.2) is 5.82 Å². The third-order valence-electron chi connectivity index (χ3n) is 4.60. The van der Waals surface area contributed by atoms with Gasteiger partial charge in [0.1, 0.15) is 11.7 Å². The molecule has 0 bridgehead atoms. The summed E-state index contributed by atoms with van der Waals surface area (Å²) >= 11 is 0. The lowest BCUT2D eigenvalue weighted by Crippen LogP contribution is -2.47. The summed E-state index contributed by atoms with van der Waals surface area (Å²) in [5.41, 5.74) is 6.91. The van der Waals surface area contributed by atoms with Crippen LogP contribution in [0.25, 0.3) is 16.7 Å². The van der Waals surface area contributed by atoms with E-state index in [2.05, 4.69) is 25.4 Å². The van der Waals surface area contributed by atoms with E-state index in [4.69, 9.17) is 5.73 Å². The Morgan fingerprint density at radius 1 is 1.13 bits per heavy atom. The summed E-state index contributed by atoms with van der Waals surface area (Å²) in [6, 6.07) is 7.32. The molecule has 4 N–H and O–H groups in total. The van der Waals surface area contributed by atoms with Gasteiger partial charge >= 0.3 is 0 Å². The zero-order valence-electron chi connectivity index (χ0n) is 15.6. The van der Waals surface area contributed by atoms with Crippen molar-refractivity contribution in [2.24, 2.45) is 5.73 Å². The number of pyridine rings is 2. The first kappa shape index (κ1) is 19.0. The van der Waals surface area contributed by atoms with E-state index < -0.39 is 23.6 Å². The smallest absolute Gasteiger partial charge is 0.287 e. The van der Waals surface area contributed by atoms with Crippen LogP contribution in [0.5, 0.6) is 0 Å². The van der Waals surface area contributed by atoms with Crippen LogP contribution in [-0.4, -0.2) is 48.4 Å². The second kappa shape index (κ2) is 7.95. The van der Waals surface area contributed by atoms with Crippen molar-refractivity contribution < 1.29 is 14.4 Å². The molecule has 0 spiro atoms. The van der Waals surface area contributed by atoms with Crippen LogP contribution in [0.1, 0.15) is 16.1 Å². The van der Waals surface area contributed by atoms with Crippen molar-refractivity contribution in [3.8, 4) is 5.82 Å². The fourth-order valence-corrected chi connectivity index (χ4v) is 3.16. The summed E-state index contributed by atoms with van der Waals surface area (Å²) in [4.78, 5) is 48.2. The molecular weight excluding hydrogens is 386 g/mol.